The molecule has 3 nitrogen and oxygen atoms in total. The zero-order chi connectivity index (χ0) is 14.2. The maximum Gasteiger partial charge on any atom is 0.227 e. The van der Waals surface area contributed by atoms with Gasteiger partial charge in [-0.1, -0.05) is 6.07 Å². The Morgan fingerprint density at radius 2 is 2.05 bits per heavy atom. The van der Waals surface area contributed by atoms with Crippen molar-refractivity contribution in [3.63, 3.8) is 0 Å². The minimum Gasteiger partial charge on any atom is -0.324 e. The molecule has 4 aromatic rings. The Labute approximate surface area is 131 Å². The van der Waals surface area contributed by atoms with Crippen LogP contribution >= 0.6 is 24.0 Å². The van der Waals surface area contributed by atoms with Crippen molar-refractivity contribution in [1.82, 2.24) is 9.97 Å². The van der Waals surface area contributed by atoms with Crippen molar-refractivity contribution in [2.24, 2.45) is 0 Å². The Kier molecular flexibility index (Phi) is 3.02. The summed E-state index contributed by atoms with van der Waals surface area (Å²) >= 11 is 6.06. The highest BCUT2D eigenvalue weighted by Crippen LogP contribution is 2.28. The second-order valence-electron chi connectivity index (χ2n) is 4.70. The third-order valence-corrected chi connectivity index (χ3v) is 4.44. The molecule has 1 N–H and O–H groups in total. The first-order valence-corrected chi connectivity index (χ1v) is 7.81. The number of hydrogen-bond acceptors (Lipinski definition) is 5. The van der Waals surface area contributed by atoms with Crippen molar-refractivity contribution in [3.05, 3.63) is 54.0 Å². The van der Waals surface area contributed by atoms with Crippen molar-refractivity contribution in [1.29, 1.82) is 0 Å². The fourth-order valence-electron chi connectivity index (χ4n) is 2.31. The summed E-state index contributed by atoms with van der Waals surface area (Å²) in [6.45, 7) is 0. The van der Waals surface area contributed by atoms with Crippen LogP contribution in [0.1, 0.15) is 0 Å². The number of aromatic nitrogens is 2. The molecule has 0 amide bonds. The average molecular weight is 309 g/mol. The predicted molar refractivity (Wildman–Crippen MR) is 91.9 cm³/mol. The Morgan fingerprint density at radius 1 is 1.10 bits per heavy atom. The van der Waals surface area contributed by atoms with Crippen LogP contribution in [-0.2, 0) is 0 Å². The number of fused-ring (bicyclic) bond motifs is 3. The van der Waals surface area contributed by atoms with Crippen LogP contribution in [0.15, 0.2) is 58.9 Å². The zero-order valence-electron chi connectivity index (χ0n) is 10.9. The normalized spacial score (nSPS) is 11.1. The van der Waals surface area contributed by atoms with Gasteiger partial charge in [-0.3, -0.25) is 0 Å². The summed E-state index contributed by atoms with van der Waals surface area (Å²) in [6.07, 6.45) is 1.85. The molecule has 2 heterocycles. The molecule has 4 rings (SSSR count). The summed E-state index contributed by atoms with van der Waals surface area (Å²) in [5.74, 6) is 0.597. The summed E-state index contributed by atoms with van der Waals surface area (Å²) in [5, 5.41) is 7.54. The molecule has 0 aliphatic carbocycles. The van der Waals surface area contributed by atoms with E-state index >= 15 is 0 Å². The minimum absolute atomic E-state index is 0.597. The third kappa shape index (κ3) is 2.34. The van der Waals surface area contributed by atoms with Gasteiger partial charge in [0.2, 0.25) is 5.95 Å². The van der Waals surface area contributed by atoms with Gasteiger partial charge in [-0.2, -0.15) is 0 Å². The summed E-state index contributed by atoms with van der Waals surface area (Å²) < 4.78 is 1.24. The molecule has 21 heavy (non-hydrogen) atoms. The van der Waals surface area contributed by atoms with Crippen LogP contribution in [0.2, 0.25) is 0 Å². The first-order chi connectivity index (χ1) is 10.3. The Balaban J connectivity index is 1.82. The number of rotatable bonds is 2. The van der Waals surface area contributed by atoms with Gasteiger partial charge in [0.25, 0.3) is 0 Å². The molecule has 5 heteroatoms. The van der Waals surface area contributed by atoms with Crippen LogP contribution in [0.4, 0.5) is 11.6 Å². The lowest BCUT2D eigenvalue weighted by Gasteiger charge is -2.06. The molecule has 0 radical (unpaired) electrons. The molecule has 0 atom stereocenters. The highest BCUT2D eigenvalue weighted by Gasteiger charge is 2.05. The lowest BCUT2D eigenvalue weighted by molar-refractivity contribution is 1.21. The first kappa shape index (κ1) is 12.6. The standard InChI is InChI=1S/C16H11N3S2/c20-12-3-1-2-11(8-12)18-16-17-9-10-4-5-14-13(6-7-21-14)15(10)19-16/h1-9,20H,(H,17,18,19). The second kappa shape index (κ2) is 5.02. The lowest BCUT2D eigenvalue weighted by Crippen LogP contribution is -1.97. The molecule has 0 saturated carbocycles. The number of nitrogens with zero attached hydrogens (tertiary/aromatic N) is 2. The van der Waals surface area contributed by atoms with E-state index in [1.165, 1.54) is 10.1 Å². The van der Waals surface area contributed by atoms with Crippen molar-refractivity contribution in [3.8, 4) is 0 Å². The van der Waals surface area contributed by atoms with E-state index in [0.29, 0.717) is 5.95 Å². The molecule has 0 spiro atoms. The van der Waals surface area contributed by atoms with Crippen LogP contribution in [0.5, 0.6) is 0 Å². The van der Waals surface area contributed by atoms with E-state index in [1.807, 2.05) is 30.5 Å². The van der Waals surface area contributed by atoms with E-state index in [4.69, 9.17) is 0 Å². The van der Waals surface area contributed by atoms with Crippen molar-refractivity contribution < 1.29 is 0 Å². The molecular weight excluding hydrogens is 298 g/mol. The summed E-state index contributed by atoms with van der Waals surface area (Å²) in [7, 11) is 0. The third-order valence-electron chi connectivity index (χ3n) is 3.28. The Hall–Kier alpha value is -2.11. The van der Waals surface area contributed by atoms with Gasteiger partial charge in [0.1, 0.15) is 0 Å². The molecule has 0 saturated heterocycles. The molecule has 0 fully saturated rings. The van der Waals surface area contributed by atoms with Crippen LogP contribution in [0, 0.1) is 0 Å². The van der Waals surface area contributed by atoms with E-state index < -0.39 is 0 Å². The maximum atomic E-state index is 4.66. The number of nitrogens with one attached hydrogen (secondary N) is 1. The summed E-state index contributed by atoms with van der Waals surface area (Å²) in [5.41, 5.74) is 1.91. The largest absolute Gasteiger partial charge is 0.324 e. The molecule has 2 aromatic heterocycles. The fourth-order valence-corrected chi connectivity index (χ4v) is 3.33. The van der Waals surface area contributed by atoms with Gasteiger partial charge in [-0.25, -0.2) is 9.97 Å². The topological polar surface area (TPSA) is 37.8 Å². The molecule has 0 unspecified atom stereocenters. The number of thiophene rings is 1. The zero-order valence-corrected chi connectivity index (χ0v) is 12.7. The summed E-state index contributed by atoms with van der Waals surface area (Å²) in [6, 6.07) is 14.1. The van der Waals surface area contributed by atoms with Crippen molar-refractivity contribution in [2.75, 3.05) is 5.32 Å². The number of hydrogen-bond donors (Lipinski definition) is 2. The summed E-state index contributed by atoms with van der Waals surface area (Å²) in [4.78, 5) is 9.94. The average Bonchev–Trinajstić information content (AvgIpc) is 2.96. The smallest absolute Gasteiger partial charge is 0.227 e. The van der Waals surface area contributed by atoms with Crippen LogP contribution < -0.4 is 5.32 Å². The number of thiol groups is 1. The number of anilines is 2. The van der Waals surface area contributed by atoms with Crippen molar-refractivity contribution >= 4 is 56.6 Å². The number of benzene rings is 2. The highest BCUT2D eigenvalue weighted by molar-refractivity contribution is 7.80. The minimum atomic E-state index is 0.597. The van der Waals surface area contributed by atoms with Gasteiger partial charge >= 0.3 is 0 Å². The van der Waals surface area contributed by atoms with E-state index in [0.717, 1.165) is 21.5 Å². The second-order valence-corrected chi connectivity index (χ2v) is 6.17. The van der Waals surface area contributed by atoms with E-state index in [-0.39, 0.29) is 0 Å². The molecule has 0 bridgehead atoms. The van der Waals surface area contributed by atoms with Gasteiger partial charge < -0.3 is 5.32 Å². The quantitative estimate of drug-likeness (QED) is 0.518. The predicted octanol–water partition coefficient (Wildman–Crippen LogP) is 4.88. The van der Waals surface area contributed by atoms with Gasteiger partial charge in [0, 0.05) is 32.3 Å². The van der Waals surface area contributed by atoms with Gasteiger partial charge in [0.15, 0.2) is 0 Å². The van der Waals surface area contributed by atoms with Gasteiger partial charge in [-0.05, 0) is 41.8 Å². The van der Waals surface area contributed by atoms with Gasteiger partial charge in [0.05, 0.1) is 5.52 Å². The van der Waals surface area contributed by atoms with Crippen LogP contribution in [0.3, 0.4) is 0 Å². The van der Waals surface area contributed by atoms with E-state index in [9.17, 15) is 0 Å². The first-order valence-electron chi connectivity index (χ1n) is 6.49. The van der Waals surface area contributed by atoms with Gasteiger partial charge in [-0.15, -0.1) is 24.0 Å². The van der Waals surface area contributed by atoms with Crippen LogP contribution in [0.25, 0.3) is 21.0 Å². The molecule has 0 aliphatic heterocycles. The molecule has 102 valence electrons. The fraction of sp³-hybridized carbons (Fsp3) is 0. The van der Waals surface area contributed by atoms with Crippen LogP contribution in [-0.4, -0.2) is 9.97 Å². The SMILES string of the molecule is Sc1cccc(Nc2ncc3ccc4sccc4c3n2)c1. The lowest BCUT2D eigenvalue weighted by atomic mass is 10.2. The van der Waals surface area contributed by atoms with E-state index in [1.54, 1.807) is 11.3 Å². The van der Waals surface area contributed by atoms with E-state index in [2.05, 4.69) is 51.5 Å². The Morgan fingerprint density at radius 3 is 2.95 bits per heavy atom. The molecule has 0 aliphatic rings. The monoisotopic (exact) mass is 309 g/mol. The van der Waals surface area contributed by atoms with Crippen molar-refractivity contribution in [2.45, 2.75) is 4.90 Å². The maximum absolute atomic E-state index is 4.66. The Bertz CT molecular complexity index is 946. The highest BCUT2D eigenvalue weighted by atomic mass is 32.1. The molecular formula is C16H11N3S2. The molecule has 2 aromatic carbocycles.